The van der Waals surface area contributed by atoms with Crippen LogP contribution in [0.3, 0.4) is 0 Å². The molecule has 0 aromatic heterocycles. The van der Waals surface area contributed by atoms with E-state index in [2.05, 4.69) is 0 Å². The van der Waals surface area contributed by atoms with Crippen molar-refractivity contribution in [3.8, 4) is 0 Å². The van der Waals surface area contributed by atoms with Crippen LogP contribution in [0.25, 0.3) is 0 Å². The van der Waals surface area contributed by atoms with E-state index in [0.717, 1.165) is 21.6 Å². The van der Waals surface area contributed by atoms with Gasteiger partial charge in [0.1, 0.15) is 0 Å². The van der Waals surface area contributed by atoms with Crippen LogP contribution in [0.5, 0.6) is 0 Å². The second kappa shape index (κ2) is 9.32. The Hall–Kier alpha value is 0.0795. The van der Waals surface area contributed by atoms with E-state index in [1.165, 1.54) is 0 Å². The van der Waals surface area contributed by atoms with Gasteiger partial charge in [0.15, 0.2) is 0 Å². The number of carboxylic acid groups (broad SMARTS) is 2. The molecule has 0 aliphatic rings. The van der Waals surface area contributed by atoms with Crippen LogP contribution in [0.4, 0.5) is 0 Å². The molecule has 4 N–H and O–H groups in total. The van der Waals surface area contributed by atoms with Gasteiger partial charge in [0, 0.05) is 11.5 Å². The van der Waals surface area contributed by atoms with E-state index in [0.29, 0.717) is 0 Å². The molecule has 87 valence electrons. The molecular weight excluding hydrogens is 283 g/mol. The van der Waals surface area contributed by atoms with Crippen LogP contribution in [0.1, 0.15) is 0 Å². The molecule has 0 heterocycles. The third-order valence-electron chi connectivity index (χ3n) is 1.18. The Bertz CT molecular complexity index is 197. The van der Waals surface area contributed by atoms with Gasteiger partial charge in [0.25, 0.3) is 0 Å². The van der Waals surface area contributed by atoms with Gasteiger partial charge < -0.3 is 31.3 Å². The predicted octanol–water partition coefficient (Wildman–Crippen LogP) is -3.48. The van der Waals surface area contributed by atoms with Gasteiger partial charge in [-0.3, -0.25) is 0 Å². The molecule has 0 aliphatic carbocycles. The van der Waals surface area contributed by atoms with Crippen molar-refractivity contribution in [2.24, 2.45) is 11.5 Å². The first-order chi connectivity index (χ1) is 6.45. The molecule has 0 saturated heterocycles. The minimum atomic E-state index is -1.33. The van der Waals surface area contributed by atoms with Crippen LogP contribution in [0.2, 0.25) is 0 Å². The Labute approximate surface area is 105 Å². The average Bonchev–Trinajstić information content (AvgIpc) is 2.11. The summed E-state index contributed by atoms with van der Waals surface area (Å²) in [4.78, 5) is 20.3. The number of carboxylic acids is 2. The van der Waals surface area contributed by atoms with Crippen LogP contribution in [-0.2, 0) is 26.7 Å². The minimum Gasteiger partial charge on any atom is -0.548 e. The van der Waals surface area contributed by atoms with E-state index in [1.807, 2.05) is 0 Å². The number of hydrogen-bond acceptors (Lipinski definition) is 8. The number of aliphatic carboxylic acids is 2. The normalized spacial score (nSPS) is 13.7. The predicted molar refractivity (Wildman–Crippen MR) is 50.9 cm³/mol. The zero-order valence-electron chi connectivity index (χ0n) is 7.55. The molecule has 0 aliphatic heterocycles. The quantitative estimate of drug-likeness (QED) is 0.281. The third-order valence-corrected chi connectivity index (χ3v) is 3.66. The fourth-order valence-corrected chi connectivity index (χ4v) is 2.59. The molecule has 9 heteroatoms. The van der Waals surface area contributed by atoms with Gasteiger partial charge in [-0.1, -0.05) is 21.6 Å². The van der Waals surface area contributed by atoms with Crippen molar-refractivity contribution in [1.82, 2.24) is 0 Å². The van der Waals surface area contributed by atoms with Crippen molar-refractivity contribution >= 4 is 33.5 Å². The monoisotopic (exact) mass is 293 g/mol. The standard InChI is InChI=1S/C6H12N2O4S2.Mn/c7-3(5(9)10)1-13-14-2-4(8)6(11)12;/h3-4H,1-2,7-8H2,(H,9,10)(H,11,12);/q;+2/p-2/t3-,4-;/m0./s1. The summed E-state index contributed by atoms with van der Waals surface area (Å²) >= 11 is 0. The topological polar surface area (TPSA) is 132 Å². The Morgan fingerprint density at radius 2 is 1.27 bits per heavy atom. The summed E-state index contributed by atoms with van der Waals surface area (Å²) in [7, 11) is 2.27. The number of nitrogens with two attached hydrogens (primary N) is 2. The summed E-state index contributed by atoms with van der Waals surface area (Å²) in [5.41, 5.74) is 10.3. The van der Waals surface area contributed by atoms with Crippen LogP contribution in [0, 0.1) is 0 Å². The van der Waals surface area contributed by atoms with E-state index in [1.54, 1.807) is 0 Å². The molecule has 0 aromatic rings. The van der Waals surface area contributed by atoms with Crippen molar-refractivity contribution in [2.75, 3.05) is 11.5 Å². The van der Waals surface area contributed by atoms with E-state index < -0.39 is 24.0 Å². The molecule has 15 heavy (non-hydrogen) atoms. The smallest absolute Gasteiger partial charge is 0.548 e. The van der Waals surface area contributed by atoms with Gasteiger partial charge in [-0.2, -0.15) is 0 Å². The molecule has 1 radical (unpaired) electrons. The van der Waals surface area contributed by atoms with Crippen molar-refractivity contribution in [3.63, 3.8) is 0 Å². The van der Waals surface area contributed by atoms with E-state index in [4.69, 9.17) is 11.5 Å². The summed E-state index contributed by atoms with van der Waals surface area (Å²) in [6.45, 7) is 0. The Morgan fingerprint density at radius 1 is 1.00 bits per heavy atom. The largest absolute Gasteiger partial charge is 2.00 e. The third kappa shape index (κ3) is 9.03. The summed E-state index contributed by atoms with van der Waals surface area (Å²) < 4.78 is 0. The van der Waals surface area contributed by atoms with Crippen molar-refractivity contribution in [1.29, 1.82) is 0 Å². The second-order valence-electron chi connectivity index (χ2n) is 2.42. The van der Waals surface area contributed by atoms with Crippen LogP contribution in [-0.4, -0.2) is 35.5 Å². The molecule has 0 unspecified atom stereocenters. The molecule has 0 bridgehead atoms. The average molecular weight is 293 g/mol. The summed E-state index contributed by atoms with van der Waals surface area (Å²) in [5, 5.41) is 20.3. The molecule has 0 saturated carbocycles. The Morgan fingerprint density at radius 3 is 1.47 bits per heavy atom. The maximum absolute atomic E-state index is 10.1. The fourth-order valence-electron chi connectivity index (χ4n) is 0.379. The van der Waals surface area contributed by atoms with Gasteiger partial charge in [-0.25, -0.2) is 0 Å². The molecule has 0 rings (SSSR count). The number of rotatable bonds is 7. The van der Waals surface area contributed by atoms with Gasteiger partial charge in [0.2, 0.25) is 0 Å². The van der Waals surface area contributed by atoms with Crippen molar-refractivity contribution in [2.45, 2.75) is 12.1 Å². The summed E-state index contributed by atoms with van der Waals surface area (Å²) in [6, 6.07) is -2.10. The first kappa shape index (κ1) is 17.5. The van der Waals surface area contributed by atoms with Gasteiger partial charge in [-0.15, -0.1) is 0 Å². The van der Waals surface area contributed by atoms with Gasteiger partial charge >= 0.3 is 17.1 Å². The van der Waals surface area contributed by atoms with Crippen LogP contribution >= 0.6 is 21.6 Å². The van der Waals surface area contributed by atoms with Crippen molar-refractivity contribution < 1.29 is 36.9 Å². The Balaban J connectivity index is 0. The zero-order chi connectivity index (χ0) is 11.1. The maximum Gasteiger partial charge on any atom is 2.00 e. The van der Waals surface area contributed by atoms with Crippen LogP contribution in [0.15, 0.2) is 0 Å². The molecule has 0 fully saturated rings. The minimum absolute atomic E-state index is 0. The fraction of sp³-hybridized carbons (Fsp3) is 0.667. The molecule has 0 spiro atoms. The SMILES string of the molecule is N[C@@H](CSSC[C@H](N)C(=O)[O-])C(=O)[O-].[Mn+2]. The molecular formula is C6H10MnN2O4S2. The molecule has 0 amide bonds. The first-order valence-corrected chi connectivity index (χ1v) is 6.11. The molecule has 6 nitrogen and oxygen atoms in total. The van der Waals surface area contributed by atoms with E-state index in [9.17, 15) is 19.8 Å². The number of hydrogen-bond donors (Lipinski definition) is 2. The number of carbonyl (C=O) groups excluding carboxylic acids is 2. The van der Waals surface area contributed by atoms with E-state index in [-0.39, 0.29) is 28.6 Å². The molecule has 0 aromatic carbocycles. The first-order valence-electron chi connectivity index (χ1n) is 3.62. The second-order valence-corrected chi connectivity index (χ2v) is 4.97. The zero-order valence-corrected chi connectivity index (χ0v) is 10.4. The summed E-state index contributed by atoms with van der Waals surface area (Å²) in [6.07, 6.45) is 0. The summed E-state index contributed by atoms with van der Waals surface area (Å²) in [5.74, 6) is -2.37. The molecule has 2 atom stereocenters. The number of carbonyl (C=O) groups is 2. The maximum atomic E-state index is 10.1. The van der Waals surface area contributed by atoms with Gasteiger partial charge in [0.05, 0.1) is 24.0 Å². The van der Waals surface area contributed by atoms with Gasteiger partial charge in [-0.05, 0) is 0 Å². The van der Waals surface area contributed by atoms with E-state index >= 15 is 0 Å². The Kier molecular flexibility index (Phi) is 10.9. The van der Waals surface area contributed by atoms with Crippen LogP contribution < -0.4 is 21.7 Å². The van der Waals surface area contributed by atoms with Crippen molar-refractivity contribution in [3.05, 3.63) is 0 Å².